The van der Waals surface area contributed by atoms with Crippen molar-refractivity contribution in [1.82, 2.24) is 29.0 Å². The fourth-order valence-electron chi connectivity index (χ4n) is 5.60. The molecule has 0 bridgehead atoms. The molecule has 5 aromatic rings. The number of likely N-dealkylation sites (tertiary alicyclic amines) is 1. The lowest BCUT2D eigenvalue weighted by atomic mass is 10.0. The lowest BCUT2D eigenvalue weighted by molar-refractivity contribution is -0.131. The minimum atomic E-state index is -0.448. The number of benzene rings is 2. The molecule has 1 saturated carbocycles. The Hall–Kier alpha value is -4.27. The number of H-pyrrole nitrogens is 1. The molecule has 7 rings (SSSR count). The Morgan fingerprint density at radius 2 is 1.92 bits per heavy atom. The first-order valence-electron chi connectivity index (χ1n) is 13.0. The summed E-state index contributed by atoms with van der Waals surface area (Å²) in [5, 5.41) is 1.05. The molecule has 9 heteroatoms. The van der Waals surface area contributed by atoms with Crippen LogP contribution in [0.5, 0.6) is 0 Å². The molecule has 1 saturated heterocycles. The number of halogens is 1. The van der Waals surface area contributed by atoms with Crippen LogP contribution in [0.1, 0.15) is 19.3 Å². The Bertz CT molecular complexity index is 1780. The van der Waals surface area contributed by atoms with Gasteiger partial charge in [0.15, 0.2) is 11.2 Å². The second-order valence-electron chi connectivity index (χ2n) is 10.6. The Kier molecular flexibility index (Phi) is 5.21. The summed E-state index contributed by atoms with van der Waals surface area (Å²) in [7, 11) is 1.77. The van der Waals surface area contributed by atoms with Gasteiger partial charge in [0.25, 0.3) is 5.56 Å². The van der Waals surface area contributed by atoms with Crippen LogP contribution in [0.25, 0.3) is 44.6 Å². The second-order valence-corrected chi connectivity index (χ2v) is 10.6. The van der Waals surface area contributed by atoms with Crippen molar-refractivity contribution < 1.29 is 9.18 Å². The highest BCUT2D eigenvalue weighted by Crippen LogP contribution is 2.34. The number of aryl methyl sites for hydroxylation is 1. The first-order valence-corrected chi connectivity index (χ1v) is 13.0. The zero-order chi connectivity index (χ0) is 26.0. The summed E-state index contributed by atoms with van der Waals surface area (Å²) in [5.74, 6) is 0.313. The fraction of sp³-hybridized carbons (Fsp3) is 0.310. The highest BCUT2D eigenvalue weighted by atomic mass is 19.1. The van der Waals surface area contributed by atoms with E-state index in [-0.39, 0.29) is 40.2 Å². The molecule has 1 amide bonds. The highest BCUT2D eigenvalue weighted by Gasteiger charge is 2.37. The Morgan fingerprint density at radius 3 is 2.74 bits per heavy atom. The summed E-state index contributed by atoms with van der Waals surface area (Å²) in [6.07, 6.45) is 6.17. The standard InChI is InChI=1S/C29H27FN6O2/c1-34-16-32-25-27(34)33-26(36(29(25)38)15-17-9-11-35(14-17)28(37)18-2-3-18)22-6-4-20(13-23(22)30)19-5-7-24-21(12-19)8-10-31-24/h4-8,10,12-13,16-18,31H,2-3,9,11,14-15H2,1H3/t17-/m1/s1. The van der Waals surface area contributed by atoms with E-state index in [0.717, 1.165) is 41.3 Å². The van der Waals surface area contributed by atoms with Crippen LogP contribution in [0.3, 0.4) is 0 Å². The van der Waals surface area contributed by atoms with E-state index in [2.05, 4.69) is 9.97 Å². The maximum atomic E-state index is 15.8. The minimum absolute atomic E-state index is 0.0903. The third-order valence-corrected chi connectivity index (χ3v) is 7.88. The second kappa shape index (κ2) is 8.65. The predicted molar refractivity (Wildman–Crippen MR) is 143 cm³/mol. The number of carbonyl (C=O) groups is 1. The van der Waals surface area contributed by atoms with Crippen LogP contribution in [0.15, 0.2) is 59.8 Å². The van der Waals surface area contributed by atoms with Gasteiger partial charge in [-0.1, -0.05) is 12.1 Å². The Labute approximate surface area is 217 Å². The van der Waals surface area contributed by atoms with Crippen LogP contribution < -0.4 is 5.56 Å². The maximum absolute atomic E-state index is 15.8. The molecule has 38 heavy (non-hydrogen) atoms. The summed E-state index contributed by atoms with van der Waals surface area (Å²) < 4.78 is 19.0. The van der Waals surface area contributed by atoms with Crippen molar-refractivity contribution in [3.63, 3.8) is 0 Å². The van der Waals surface area contributed by atoms with Gasteiger partial charge in [0, 0.05) is 44.3 Å². The molecule has 0 radical (unpaired) electrons. The number of carbonyl (C=O) groups excluding carboxylic acids is 1. The number of aromatic nitrogens is 5. The molecule has 1 aliphatic carbocycles. The number of amides is 1. The number of hydrogen-bond acceptors (Lipinski definition) is 4. The van der Waals surface area contributed by atoms with E-state index in [4.69, 9.17) is 4.98 Å². The van der Waals surface area contributed by atoms with Crippen molar-refractivity contribution in [3.05, 3.63) is 71.2 Å². The van der Waals surface area contributed by atoms with Crippen molar-refractivity contribution >= 4 is 28.0 Å². The van der Waals surface area contributed by atoms with E-state index in [9.17, 15) is 9.59 Å². The van der Waals surface area contributed by atoms with Gasteiger partial charge >= 0.3 is 0 Å². The fourth-order valence-corrected chi connectivity index (χ4v) is 5.60. The van der Waals surface area contributed by atoms with E-state index in [1.807, 2.05) is 41.4 Å². The van der Waals surface area contributed by atoms with E-state index in [1.54, 1.807) is 28.6 Å². The number of imidazole rings is 1. The number of aromatic amines is 1. The van der Waals surface area contributed by atoms with Crippen molar-refractivity contribution in [3.8, 4) is 22.5 Å². The molecule has 1 atom stereocenters. The largest absolute Gasteiger partial charge is 0.361 e. The lowest BCUT2D eigenvalue weighted by Gasteiger charge is -2.19. The minimum Gasteiger partial charge on any atom is -0.361 e. The van der Waals surface area contributed by atoms with Crippen molar-refractivity contribution in [2.24, 2.45) is 18.9 Å². The Morgan fingerprint density at radius 1 is 1.11 bits per heavy atom. The summed E-state index contributed by atoms with van der Waals surface area (Å²) in [6.45, 7) is 1.65. The Balaban J connectivity index is 1.27. The van der Waals surface area contributed by atoms with Gasteiger partial charge in [0.05, 0.1) is 11.9 Å². The molecule has 2 aromatic carbocycles. The molecule has 4 heterocycles. The van der Waals surface area contributed by atoms with Crippen LogP contribution >= 0.6 is 0 Å². The van der Waals surface area contributed by atoms with Crippen molar-refractivity contribution in [1.29, 1.82) is 0 Å². The highest BCUT2D eigenvalue weighted by molar-refractivity contribution is 5.85. The third kappa shape index (κ3) is 3.81. The lowest BCUT2D eigenvalue weighted by Crippen LogP contribution is -2.32. The first-order chi connectivity index (χ1) is 18.5. The van der Waals surface area contributed by atoms with Crippen LogP contribution in [0.2, 0.25) is 0 Å². The molecule has 3 aromatic heterocycles. The molecule has 1 aliphatic heterocycles. The molecule has 0 spiro atoms. The first kappa shape index (κ1) is 22.9. The van der Waals surface area contributed by atoms with Gasteiger partial charge < -0.3 is 14.5 Å². The summed E-state index contributed by atoms with van der Waals surface area (Å²) in [4.78, 5) is 40.3. The zero-order valence-electron chi connectivity index (χ0n) is 21.0. The maximum Gasteiger partial charge on any atom is 0.281 e. The summed E-state index contributed by atoms with van der Waals surface area (Å²) in [6, 6.07) is 13.0. The zero-order valence-corrected chi connectivity index (χ0v) is 21.0. The molecule has 2 aliphatic rings. The quantitative estimate of drug-likeness (QED) is 0.381. The molecule has 2 fully saturated rings. The predicted octanol–water partition coefficient (Wildman–Crippen LogP) is 4.34. The third-order valence-electron chi connectivity index (χ3n) is 7.88. The van der Waals surface area contributed by atoms with Gasteiger partial charge in [0.2, 0.25) is 5.91 Å². The summed E-state index contributed by atoms with van der Waals surface area (Å²) in [5.41, 5.74) is 3.32. The van der Waals surface area contributed by atoms with Gasteiger partial charge in [-0.3, -0.25) is 14.2 Å². The van der Waals surface area contributed by atoms with Crippen LogP contribution in [-0.4, -0.2) is 48.0 Å². The SMILES string of the molecule is Cn1cnc2c(=O)n(C[C@@H]3CCN(C(=O)C4CC4)C3)c(-c3ccc(-c4ccc5[nH]ccc5c4)cc3F)nc21. The van der Waals surface area contributed by atoms with Gasteiger partial charge in [-0.2, -0.15) is 0 Å². The topological polar surface area (TPSA) is 88.8 Å². The molecule has 1 N–H and O–H groups in total. The number of hydrogen-bond donors (Lipinski definition) is 1. The monoisotopic (exact) mass is 510 g/mol. The number of fused-ring (bicyclic) bond motifs is 2. The normalized spacial score (nSPS) is 17.6. The van der Waals surface area contributed by atoms with Gasteiger partial charge in [0.1, 0.15) is 11.6 Å². The van der Waals surface area contributed by atoms with Crippen LogP contribution in [0, 0.1) is 17.7 Å². The average Bonchev–Trinajstić information content (AvgIpc) is 3.29. The van der Waals surface area contributed by atoms with Crippen LogP contribution in [0.4, 0.5) is 4.39 Å². The molecular formula is C29H27FN6O2. The van der Waals surface area contributed by atoms with Crippen LogP contribution in [-0.2, 0) is 18.4 Å². The van der Waals surface area contributed by atoms with E-state index in [1.165, 1.54) is 6.07 Å². The number of nitrogens with zero attached hydrogens (tertiary/aromatic N) is 5. The van der Waals surface area contributed by atoms with Gasteiger partial charge in [-0.05, 0) is 72.0 Å². The van der Waals surface area contributed by atoms with Crippen molar-refractivity contribution in [2.75, 3.05) is 13.1 Å². The van der Waals surface area contributed by atoms with Gasteiger partial charge in [-0.15, -0.1) is 0 Å². The molecule has 0 unspecified atom stereocenters. The van der Waals surface area contributed by atoms with Crippen molar-refractivity contribution in [2.45, 2.75) is 25.8 Å². The molecule has 192 valence electrons. The smallest absolute Gasteiger partial charge is 0.281 e. The van der Waals surface area contributed by atoms with E-state index >= 15 is 4.39 Å². The van der Waals surface area contributed by atoms with Gasteiger partial charge in [-0.25, -0.2) is 14.4 Å². The number of nitrogens with one attached hydrogen (secondary N) is 1. The van der Waals surface area contributed by atoms with E-state index in [0.29, 0.717) is 25.3 Å². The number of rotatable bonds is 5. The van der Waals surface area contributed by atoms with E-state index < -0.39 is 5.82 Å². The average molecular weight is 511 g/mol. The molecule has 8 nitrogen and oxygen atoms in total. The molecular weight excluding hydrogens is 483 g/mol. The summed E-state index contributed by atoms with van der Waals surface area (Å²) >= 11 is 0.